The van der Waals surface area contributed by atoms with Crippen molar-refractivity contribution in [3.8, 4) is 0 Å². The van der Waals surface area contributed by atoms with E-state index in [1.807, 2.05) is 13.0 Å². The van der Waals surface area contributed by atoms with Crippen LogP contribution in [-0.4, -0.2) is 11.9 Å². The monoisotopic (exact) mass is 212 g/mol. The third kappa shape index (κ3) is 9.19. The SMILES string of the molecule is CC/C=C/CC(=O)OC(=O)CCCCC. The van der Waals surface area contributed by atoms with Crippen molar-refractivity contribution in [3.05, 3.63) is 12.2 Å². The highest BCUT2D eigenvalue weighted by molar-refractivity contribution is 5.86. The van der Waals surface area contributed by atoms with E-state index >= 15 is 0 Å². The van der Waals surface area contributed by atoms with Gasteiger partial charge in [0.15, 0.2) is 0 Å². The second kappa shape index (κ2) is 9.44. The molecule has 15 heavy (non-hydrogen) atoms. The molecule has 0 aliphatic carbocycles. The molecule has 0 aliphatic rings. The summed E-state index contributed by atoms with van der Waals surface area (Å²) in [4.78, 5) is 22.2. The Balaban J connectivity index is 3.58. The van der Waals surface area contributed by atoms with Crippen LogP contribution in [0, 0.1) is 0 Å². The van der Waals surface area contributed by atoms with Gasteiger partial charge in [-0.3, -0.25) is 9.59 Å². The third-order valence-corrected chi connectivity index (χ3v) is 1.90. The second-order valence-electron chi connectivity index (χ2n) is 3.39. The van der Waals surface area contributed by atoms with E-state index < -0.39 is 11.9 Å². The van der Waals surface area contributed by atoms with Gasteiger partial charge in [0, 0.05) is 6.42 Å². The van der Waals surface area contributed by atoms with E-state index in [2.05, 4.69) is 11.7 Å². The zero-order chi connectivity index (χ0) is 11.5. The van der Waals surface area contributed by atoms with Crippen LogP contribution in [0.3, 0.4) is 0 Å². The number of allylic oxidation sites excluding steroid dienone is 1. The predicted molar refractivity (Wildman–Crippen MR) is 59.3 cm³/mol. The molecule has 0 rings (SSSR count). The molecular weight excluding hydrogens is 192 g/mol. The molecule has 0 heterocycles. The molecule has 0 aromatic carbocycles. The summed E-state index contributed by atoms with van der Waals surface area (Å²) in [7, 11) is 0. The Morgan fingerprint density at radius 2 is 1.80 bits per heavy atom. The Morgan fingerprint density at radius 3 is 2.40 bits per heavy atom. The van der Waals surface area contributed by atoms with Crippen LogP contribution < -0.4 is 0 Å². The highest BCUT2D eigenvalue weighted by Crippen LogP contribution is 2.01. The van der Waals surface area contributed by atoms with Gasteiger partial charge in [-0.25, -0.2) is 0 Å². The Bertz CT molecular complexity index is 219. The summed E-state index contributed by atoms with van der Waals surface area (Å²) in [6.07, 6.45) is 7.87. The Labute approximate surface area is 91.5 Å². The fraction of sp³-hybridized carbons (Fsp3) is 0.667. The first-order valence-corrected chi connectivity index (χ1v) is 5.59. The fourth-order valence-corrected chi connectivity index (χ4v) is 1.09. The molecule has 0 bridgehead atoms. The number of ether oxygens (including phenoxy) is 1. The van der Waals surface area contributed by atoms with Crippen molar-refractivity contribution >= 4 is 11.9 Å². The first-order valence-electron chi connectivity index (χ1n) is 5.59. The maximum absolute atomic E-state index is 11.1. The van der Waals surface area contributed by atoms with Crippen LogP contribution in [0.2, 0.25) is 0 Å². The van der Waals surface area contributed by atoms with Crippen LogP contribution in [0.5, 0.6) is 0 Å². The highest BCUT2D eigenvalue weighted by Gasteiger charge is 2.07. The van der Waals surface area contributed by atoms with Crippen LogP contribution in [0.25, 0.3) is 0 Å². The molecule has 0 saturated heterocycles. The van der Waals surface area contributed by atoms with Crippen molar-refractivity contribution in [1.82, 2.24) is 0 Å². The topological polar surface area (TPSA) is 43.4 Å². The molecule has 0 saturated carbocycles. The summed E-state index contributed by atoms with van der Waals surface area (Å²) < 4.78 is 4.61. The van der Waals surface area contributed by atoms with Gasteiger partial charge in [0.1, 0.15) is 0 Å². The molecule has 0 N–H and O–H groups in total. The molecule has 0 fully saturated rings. The summed E-state index contributed by atoms with van der Waals surface area (Å²) >= 11 is 0. The number of esters is 2. The molecule has 0 unspecified atom stereocenters. The van der Waals surface area contributed by atoms with Gasteiger partial charge in [-0.05, 0) is 12.8 Å². The summed E-state index contributed by atoms with van der Waals surface area (Å²) in [5.41, 5.74) is 0. The first kappa shape index (κ1) is 13.9. The number of hydrogen-bond acceptors (Lipinski definition) is 3. The Morgan fingerprint density at radius 1 is 1.07 bits per heavy atom. The standard InChI is InChI=1S/C12H20O3/c1-3-5-7-9-11(13)15-12(14)10-8-6-4-2/h5,7H,3-4,6,8-10H2,1-2H3/b7-5+. The lowest BCUT2D eigenvalue weighted by Gasteiger charge is -2.00. The lowest BCUT2D eigenvalue weighted by atomic mass is 10.2. The van der Waals surface area contributed by atoms with E-state index in [0.717, 1.165) is 25.7 Å². The van der Waals surface area contributed by atoms with Crippen LogP contribution in [0.1, 0.15) is 52.4 Å². The lowest BCUT2D eigenvalue weighted by Crippen LogP contribution is -2.11. The largest absolute Gasteiger partial charge is 0.393 e. The van der Waals surface area contributed by atoms with Gasteiger partial charge in [-0.2, -0.15) is 0 Å². The molecule has 0 amide bonds. The lowest BCUT2D eigenvalue weighted by molar-refractivity contribution is -0.159. The van der Waals surface area contributed by atoms with Crippen molar-refractivity contribution < 1.29 is 14.3 Å². The predicted octanol–water partition coefficient (Wildman–Crippen LogP) is 2.99. The first-order chi connectivity index (χ1) is 7.20. The van der Waals surface area contributed by atoms with Gasteiger partial charge in [0.05, 0.1) is 6.42 Å². The minimum Gasteiger partial charge on any atom is -0.393 e. The van der Waals surface area contributed by atoms with E-state index in [-0.39, 0.29) is 6.42 Å². The second-order valence-corrected chi connectivity index (χ2v) is 3.39. The minimum atomic E-state index is -0.457. The molecule has 3 nitrogen and oxygen atoms in total. The van der Waals surface area contributed by atoms with Gasteiger partial charge in [-0.15, -0.1) is 0 Å². The number of hydrogen-bond donors (Lipinski definition) is 0. The number of carbonyl (C=O) groups is 2. The highest BCUT2D eigenvalue weighted by atomic mass is 16.6. The quantitative estimate of drug-likeness (QED) is 0.282. The summed E-state index contributed by atoms with van der Waals surface area (Å²) in [5, 5.41) is 0. The molecule has 3 heteroatoms. The summed E-state index contributed by atoms with van der Waals surface area (Å²) in [5.74, 6) is -0.862. The third-order valence-electron chi connectivity index (χ3n) is 1.90. The smallest absolute Gasteiger partial charge is 0.317 e. The minimum absolute atomic E-state index is 0.188. The molecule has 0 atom stereocenters. The van der Waals surface area contributed by atoms with E-state index in [9.17, 15) is 9.59 Å². The van der Waals surface area contributed by atoms with Gasteiger partial charge in [0.25, 0.3) is 0 Å². The van der Waals surface area contributed by atoms with Crippen LogP contribution >= 0.6 is 0 Å². The molecule has 0 spiro atoms. The van der Waals surface area contributed by atoms with Crippen molar-refractivity contribution in [1.29, 1.82) is 0 Å². The maximum atomic E-state index is 11.1. The van der Waals surface area contributed by atoms with Crippen LogP contribution in [0.15, 0.2) is 12.2 Å². The van der Waals surface area contributed by atoms with Gasteiger partial charge in [-0.1, -0.05) is 38.8 Å². The Hall–Kier alpha value is -1.12. The van der Waals surface area contributed by atoms with E-state index in [4.69, 9.17) is 0 Å². The van der Waals surface area contributed by atoms with Gasteiger partial charge < -0.3 is 4.74 Å². The molecule has 0 aromatic heterocycles. The average Bonchev–Trinajstić information content (AvgIpc) is 2.18. The van der Waals surface area contributed by atoms with Gasteiger partial charge in [0.2, 0.25) is 0 Å². The van der Waals surface area contributed by atoms with Crippen molar-refractivity contribution in [3.63, 3.8) is 0 Å². The normalized spacial score (nSPS) is 10.5. The van der Waals surface area contributed by atoms with Crippen molar-refractivity contribution in [2.75, 3.05) is 0 Å². The van der Waals surface area contributed by atoms with Crippen molar-refractivity contribution in [2.24, 2.45) is 0 Å². The average molecular weight is 212 g/mol. The molecule has 86 valence electrons. The van der Waals surface area contributed by atoms with E-state index in [1.54, 1.807) is 6.08 Å². The number of unbranched alkanes of at least 4 members (excludes halogenated alkanes) is 2. The Kier molecular flexibility index (Phi) is 8.73. The van der Waals surface area contributed by atoms with Crippen LogP contribution in [0.4, 0.5) is 0 Å². The van der Waals surface area contributed by atoms with E-state index in [0.29, 0.717) is 6.42 Å². The summed E-state index contributed by atoms with van der Waals surface area (Å²) in [6.45, 7) is 4.05. The fourth-order valence-electron chi connectivity index (χ4n) is 1.09. The zero-order valence-electron chi connectivity index (χ0n) is 9.62. The zero-order valence-corrected chi connectivity index (χ0v) is 9.62. The molecular formula is C12H20O3. The number of carbonyl (C=O) groups excluding carboxylic acids is 2. The van der Waals surface area contributed by atoms with E-state index in [1.165, 1.54) is 0 Å². The maximum Gasteiger partial charge on any atom is 0.317 e. The van der Waals surface area contributed by atoms with Gasteiger partial charge >= 0.3 is 11.9 Å². The number of rotatable bonds is 7. The molecule has 0 aromatic rings. The molecule has 0 aliphatic heterocycles. The summed E-state index contributed by atoms with van der Waals surface area (Å²) in [6, 6.07) is 0. The molecule has 0 radical (unpaired) electrons. The van der Waals surface area contributed by atoms with Crippen molar-refractivity contribution in [2.45, 2.75) is 52.4 Å². The van der Waals surface area contributed by atoms with Crippen LogP contribution in [-0.2, 0) is 14.3 Å².